The van der Waals surface area contributed by atoms with Crippen LogP contribution in [0.1, 0.15) is 39.5 Å². The Labute approximate surface area is 259 Å². The number of hydrogen-bond acceptors (Lipinski definition) is 9. The van der Waals surface area contributed by atoms with Gasteiger partial charge in [0.1, 0.15) is 24.0 Å². The van der Waals surface area contributed by atoms with Crippen molar-refractivity contribution in [2.24, 2.45) is 0 Å². The molecule has 6 atom stereocenters. The van der Waals surface area contributed by atoms with Gasteiger partial charge in [-0.2, -0.15) is 18.3 Å². The molecule has 1 aliphatic heterocycles. The van der Waals surface area contributed by atoms with Crippen LogP contribution in [0, 0.1) is 0 Å². The third-order valence-electron chi connectivity index (χ3n) is 6.91. The lowest BCUT2D eigenvalue weighted by molar-refractivity contribution is -0.149. The van der Waals surface area contributed by atoms with E-state index in [0.29, 0.717) is 11.1 Å². The number of aliphatic hydroxyl groups is 1. The monoisotopic (exact) mass is 673 g/mol. The number of aromatic amines is 1. The molecule has 250 valence electrons. The normalized spacial score (nSPS) is 23.6. The van der Waals surface area contributed by atoms with E-state index in [2.05, 4.69) is 5.09 Å². The highest BCUT2D eigenvalue weighted by Crippen LogP contribution is 2.48. The summed E-state index contributed by atoms with van der Waals surface area (Å²) in [4.78, 5) is 38.1. The Kier molecular flexibility index (Phi) is 10.3. The summed E-state index contributed by atoms with van der Waals surface area (Å²) in [5, 5.41) is 13.1. The second-order valence-electron chi connectivity index (χ2n) is 11.0. The van der Waals surface area contributed by atoms with E-state index in [1.165, 1.54) is 43.3 Å². The zero-order chi connectivity index (χ0) is 34.0. The average molecular weight is 674 g/mol. The largest absolute Gasteiger partial charge is 0.462 e. The van der Waals surface area contributed by atoms with E-state index in [1.807, 2.05) is 4.98 Å². The summed E-state index contributed by atoms with van der Waals surface area (Å²) < 4.78 is 90.9. The molecule has 0 bridgehead atoms. The number of carbonyl (C=O) groups excluding carboxylic acids is 1. The predicted molar refractivity (Wildman–Crippen MR) is 156 cm³/mol. The number of esters is 1. The van der Waals surface area contributed by atoms with Gasteiger partial charge >= 0.3 is 25.6 Å². The second kappa shape index (κ2) is 13.5. The summed E-state index contributed by atoms with van der Waals surface area (Å²) in [5.41, 5.74) is -4.15. The van der Waals surface area contributed by atoms with Gasteiger partial charge in [0.15, 0.2) is 11.9 Å². The first kappa shape index (κ1) is 35.0. The van der Waals surface area contributed by atoms with Gasteiger partial charge in [-0.25, -0.2) is 13.8 Å². The van der Waals surface area contributed by atoms with E-state index in [4.69, 9.17) is 18.5 Å². The van der Waals surface area contributed by atoms with E-state index in [9.17, 15) is 37.2 Å². The average Bonchev–Trinajstić information content (AvgIpc) is 3.19. The topological polar surface area (TPSA) is 158 Å². The van der Waals surface area contributed by atoms with Crippen molar-refractivity contribution in [2.75, 3.05) is 6.61 Å². The van der Waals surface area contributed by atoms with Gasteiger partial charge in [-0.15, -0.1) is 0 Å². The number of halogens is 4. The minimum absolute atomic E-state index is 0.0446. The number of H-pyrrole nitrogens is 1. The first-order chi connectivity index (χ1) is 21.4. The molecule has 46 heavy (non-hydrogen) atoms. The summed E-state index contributed by atoms with van der Waals surface area (Å²) in [6.45, 7) is 4.75. The molecule has 3 aromatic rings. The van der Waals surface area contributed by atoms with Crippen LogP contribution in [0.5, 0.6) is 5.75 Å². The number of ether oxygens (including phenoxy) is 2. The number of aliphatic hydroxyl groups excluding tert-OH is 1. The Morgan fingerprint density at radius 1 is 1.09 bits per heavy atom. The lowest BCUT2D eigenvalue weighted by Crippen LogP contribution is -2.43. The van der Waals surface area contributed by atoms with Gasteiger partial charge in [0.05, 0.1) is 18.3 Å². The number of rotatable bonds is 11. The number of aromatic nitrogens is 2. The molecule has 3 N–H and O–H groups in total. The lowest BCUT2D eigenvalue weighted by Gasteiger charge is -2.25. The van der Waals surface area contributed by atoms with Crippen LogP contribution in [0.2, 0.25) is 0 Å². The van der Waals surface area contributed by atoms with E-state index in [1.54, 1.807) is 13.8 Å². The molecule has 4 rings (SSSR count). The Morgan fingerprint density at radius 2 is 1.67 bits per heavy atom. The summed E-state index contributed by atoms with van der Waals surface area (Å²) in [6, 6.07) is 9.86. The number of alkyl halides is 4. The van der Waals surface area contributed by atoms with E-state index in [-0.39, 0.29) is 5.75 Å². The maximum absolute atomic E-state index is 15.6. The number of hydrogen-bond donors (Lipinski definition) is 3. The summed E-state index contributed by atoms with van der Waals surface area (Å²) in [6.07, 6.45) is -9.12. The lowest BCUT2D eigenvalue weighted by atomic mass is 9.98. The highest BCUT2D eigenvalue weighted by Gasteiger charge is 2.56. The van der Waals surface area contributed by atoms with Crippen LogP contribution in [0.3, 0.4) is 0 Å². The van der Waals surface area contributed by atoms with Gasteiger partial charge in [-0.05, 0) is 63.1 Å². The maximum atomic E-state index is 15.6. The van der Waals surface area contributed by atoms with Crippen molar-refractivity contribution < 1.29 is 50.5 Å². The van der Waals surface area contributed by atoms with Gasteiger partial charge < -0.3 is 19.1 Å². The third-order valence-corrected chi connectivity index (χ3v) is 8.56. The number of carbonyl (C=O) groups is 1. The van der Waals surface area contributed by atoms with Gasteiger partial charge in [-0.3, -0.25) is 23.7 Å². The summed E-state index contributed by atoms with van der Waals surface area (Å²) in [5.74, 6) is -0.845. The molecule has 0 amide bonds. The van der Waals surface area contributed by atoms with Crippen LogP contribution in [0.25, 0.3) is 11.1 Å². The number of nitrogens with one attached hydrogen (secondary N) is 2. The molecule has 2 heterocycles. The molecule has 1 saturated heterocycles. The van der Waals surface area contributed by atoms with Crippen molar-refractivity contribution in [3.8, 4) is 16.9 Å². The van der Waals surface area contributed by atoms with Crippen molar-refractivity contribution in [3.05, 3.63) is 87.2 Å². The quantitative estimate of drug-likeness (QED) is 0.152. The van der Waals surface area contributed by atoms with Crippen molar-refractivity contribution in [2.45, 2.75) is 70.1 Å². The van der Waals surface area contributed by atoms with Crippen LogP contribution in [-0.2, 0) is 29.5 Å². The highest BCUT2D eigenvalue weighted by atomic mass is 31.2. The molecule has 2 aromatic carbocycles. The van der Waals surface area contributed by atoms with Crippen LogP contribution >= 0.6 is 7.75 Å². The summed E-state index contributed by atoms with van der Waals surface area (Å²) >= 11 is 0. The fourth-order valence-electron chi connectivity index (χ4n) is 4.55. The van der Waals surface area contributed by atoms with Crippen molar-refractivity contribution in [1.29, 1.82) is 0 Å². The van der Waals surface area contributed by atoms with Crippen molar-refractivity contribution in [3.63, 3.8) is 0 Å². The molecular formula is C29H32F4N3O9P. The Morgan fingerprint density at radius 3 is 2.22 bits per heavy atom. The third kappa shape index (κ3) is 8.12. The maximum Gasteiger partial charge on any atom is 0.459 e. The molecular weight excluding hydrogens is 641 g/mol. The molecule has 1 aliphatic rings. The first-order valence-electron chi connectivity index (χ1n) is 13.9. The van der Waals surface area contributed by atoms with Crippen LogP contribution in [-0.4, -0.2) is 57.3 Å². The second-order valence-corrected chi connectivity index (χ2v) is 12.7. The first-order valence-corrected chi connectivity index (χ1v) is 15.5. The van der Waals surface area contributed by atoms with E-state index in [0.717, 1.165) is 35.9 Å². The molecule has 1 unspecified atom stereocenters. The number of benzene rings is 2. The Hall–Kier alpha value is -3.82. The summed E-state index contributed by atoms with van der Waals surface area (Å²) in [7, 11) is -4.54. The Bertz CT molecular complexity index is 1690. The Balaban J connectivity index is 1.54. The van der Waals surface area contributed by atoms with Crippen molar-refractivity contribution in [1.82, 2.24) is 14.6 Å². The zero-order valence-electron chi connectivity index (χ0n) is 25.0. The molecule has 0 saturated carbocycles. The molecule has 1 aromatic heterocycles. The van der Waals surface area contributed by atoms with Gasteiger partial charge in [0.2, 0.25) is 0 Å². The van der Waals surface area contributed by atoms with Gasteiger partial charge in [0, 0.05) is 12.3 Å². The molecule has 0 radical (unpaired) electrons. The smallest absolute Gasteiger partial charge is 0.459 e. The van der Waals surface area contributed by atoms with Crippen LogP contribution in [0.4, 0.5) is 17.6 Å². The highest BCUT2D eigenvalue weighted by molar-refractivity contribution is 7.52. The number of nitrogens with zero attached hydrogens (tertiary/aromatic N) is 1. The predicted octanol–water partition coefficient (Wildman–Crippen LogP) is 4.34. The SMILES string of the molecule is CC(C)OC(=O)[C@H](C)NP(=O)(OC[C@H]1O[C@@H](n2ccc(=O)[nH]c2=O)[C@](C)(F)[C@@H]1O)Oc1ccc(-c2ccc(C(F)(F)F)cc2)cc1. The van der Waals surface area contributed by atoms with Crippen LogP contribution < -0.4 is 20.9 Å². The molecule has 17 heteroatoms. The van der Waals surface area contributed by atoms with Crippen molar-refractivity contribution >= 4 is 13.7 Å². The molecule has 1 fully saturated rings. The molecule has 0 spiro atoms. The van der Waals surface area contributed by atoms with E-state index >= 15 is 4.39 Å². The van der Waals surface area contributed by atoms with Crippen LogP contribution in [0.15, 0.2) is 70.4 Å². The fourth-order valence-corrected chi connectivity index (χ4v) is 6.05. The minimum atomic E-state index is -4.54. The van der Waals surface area contributed by atoms with E-state index < -0.39 is 79.6 Å². The fraction of sp³-hybridized carbons (Fsp3) is 0.414. The minimum Gasteiger partial charge on any atom is -0.462 e. The van der Waals surface area contributed by atoms with Gasteiger partial charge in [0.25, 0.3) is 5.56 Å². The zero-order valence-corrected chi connectivity index (χ0v) is 25.9. The molecule has 0 aliphatic carbocycles. The van der Waals surface area contributed by atoms with Gasteiger partial charge in [-0.1, -0.05) is 24.3 Å². The molecule has 12 nitrogen and oxygen atoms in total. The standard InChI is InChI=1S/C29H32F4N3O9P/c1-16(2)43-25(39)17(3)35-46(41,45-21-11-7-19(8-12-21)18-5-9-20(10-6-18)29(31,32)33)42-15-22-24(38)28(4,30)26(44-22)36-14-13-23(37)34-27(36)40/h5-14,16-17,22,24,26,38H,15H2,1-4H3,(H,35,41)(H,34,37,40)/t17-,22+,24+,26+,28+,46?/m0/s1.